The normalized spacial score (nSPS) is 20.2. The number of piperidine rings is 1. The van der Waals surface area contributed by atoms with Crippen LogP contribution in [0.5, 0.6) is 0 Å². The Morgan fingerprint density at radius 2 is 2.28 bits per heavy atom. The van der Waals surface area contributed by atoms with E-state index in [1.54, 1.807) is 0 Å². The molecule has 0 bridgehead atoms. The lowest BCUT2D eigenvalue weighted by atomic mass is 9.94. The molecule has 1 aliphatic heterocycles. The Bertz CT molecular complexity index is 392. The van der Waals surface area contributed by atoms with Gasteiger partial charge in [0.1, 0.15) is 0 Å². The van der Waals surface area contributed by atoms with E-state index in [1.807, 2.05) is 7.05 Å². The van der Waals surface area contributed by atoms with Crippen LogP contribution in [0.25, 0.3) is 0 Å². The van der Waals surface area contributed by atoms with Gasteiger partial charge >= 0.3 is 0 Å². The highest BCUT2D eigenvalue weighted by atomic mass is 79.9. The molecule has 18 heavy (non-hydrogen) atoms. The highest BCUT2D eigenvalue weighted by Gasteiger charge is 2.19. The number of hydrogen-bond donors (Lipinski definition) is 1. The minimum atomic E-state index is 0.839. The van der Waals surface area contributed by atoms with Crippen LogP contribution in [0.2, 0.25) is 0 Å². The third kappa shape index (κ3) is 3.48. The first kappa shape index (κ1) is 13.9. The van der Waals surface area contributed by atoms with Crippen LogP contribution in [0.3, 0.4) is 0 Å². The van der Waals surface area contributed by atoms with Gasteiger partial charge in [0.15, 0.2) is 0 Å². The lowest BCUT2D eigenvalue weighted by Gasteiger charge is -2.34. The highest BCUT2D eigenvalue weighted by molar-refractivity contribution is 9.10. The summed E-state index contributed by atoms with van der Waals surface area (Å²) in [6.07, 6.45) is 3.99. The smallest absolute Gasteiger partial charge is 0.0377 e. The van der Waals surface area contributed by atoms with Crippen molar-refractivity contribution in [3.8, 4) is 0 Å². The van der Waals surface area contributed by atoms with Crippen molar-refractivity contribution in [1.82, 2.24) is 5.32 Å². The van der Waals surface area contributed by atoms with E-state index >= 15 is 0 Å². The Kier molecular flexibility index (Phi) is 5.07. The molecule has 1 aromatic rings. The van der Waals surface area contributed by atoms with Crippen LogP contribution >= 0.6 is 15.9 Å². The van der Waals surface area contributed by atoms with Gasteiger partial charge in [0.25, 0.3) is 0 Å². The second kappa shape index (κ2) is 6.58. The zero-order valence-corrected chi connectivity index (χ0v) is 13.0. The zero-order valence-electron chi connectivity index (χ0n) is 11.4. The average Bonchev–Trinajstić information content (AvgIpc) is 2.40. The van der Waals surface area contributed by atoms with Gasteiger partial charge in [0.05, 0.1) is 0 Å². The summed E-state index contributed by atoms with van der Waals surface area (Å²) in [5.41, 5.74) is 2.67. The second-order valence-electron chi connectivity index (χ2n) is 5.28. The van der Waals surface area contributed by atoms with E-state index in [0.29, 0.717) is 0 Å². The summed E-state index contributed by atoms with van der Waals surface area (Å²) < 4.78 is 1.22. The van der Waals surface area contributed by atoms with E-state index in [-0.39, 0.29) is 0 Å². The molecule has 1 atom stereocenters. The maximum absolute atomic E-state index is 3.63. The molecule has 1 heterocycles. The molecule has 1 aliphatic rings. The van der Waals surface area contributed by atoms with Gasteiger partial charge in [-0.25, -0.2) is 0 Å². The molecule has 2 rings (SSSR count). The van der Waals surface area contributed by atoms with Crippen LogP contribution < -0.4 is 10.2 Å². The summed E-state index contributed by atoms with van der Waals surface area (Å²) in [5, 5.41) is 3.26. The van der Waals surface area contributed by atoms with E-state index in [9.17, 15) is 0 Å². The summed E-state index contributed by atoms with van der Waals surface area (Å²) in [6.45, 7) is 5.68. The fourth-order valence-electron chi connectivity index (χ4n) is 2.66. The number of nitrogens with one attached hydrogen (secondary N) is 1. The molecule has 100 valence electrons. The third-order valence-electron chi connectivity index (χ3n) is 3.84. The molecule has 0 aliphatic carbocycles. The quantitative estimate of drug-likeness (QED) is 0.914. The van der Waals surface area contributed by atoms with Crippen LogP contribution in [0.4, 0.5) is 5.69 Å². The molecule has 0 amide bonds. The van der Waals surface area contributed by atoms with Crippen molar-refractivity contribution >= 4 is 21.6 Å². The molecular weight excluding hydrogens is 288 g/mol. The molecule has 1 N–H and O–H groups in total. The Morgan fingerprint density at radius 3 is 3.00 bits per heavy atom. The monoisotopic (exact) mass is 310 g/mol. The Labute approximate surface area is 119 Å². The van der Waals surface area contributed by atoms with E-state index in [4.69, 9.17) is 0 Å². The van der Waals surface area contributed by atoms with Crippen molar-refractivity contribution < 1.29 is 0 Å². The molecule has 0 spiro atoms. The molecule has 1 fully saturated rings. The van der Waals surface area contributed by atoms with Crippen molar-refractivity contribution in [2.75, 3.05) is 31.6 Å². The molecule has 2 nitrogen and oxygen atoms in total. The van der Waals surface area contributed by atoms with Gasteiger partial charge in [-0.3, -0.25) is 0 Å². The van der Waals surface area contributed by atoms with Gasteiger partial charge < -0.3 is 10.2 Å². The van der Waals surface area contributed by atoms with Crippen LogP contribution in [0.1, 0.15) is 24.8 Å². The SMILES string of the molecule is CNCCC1CCCN(c2ccc(C)c(Br)c2)C1. The first-order valence-corrected chi connectivity index (χ1v) is 7.65. The van der Waals surface area contributed by atoms with Gasteiger partial charge in [-0.05, 0) is 63.4 Å². The number of rotatable bonds is 4. The number of nitrogens with zero attached hydrogens (tertiary/aromatic N) is 1. The first-order chi connectivity index (χ1) is 8.70. The van der Waals surface area contributed by atoms with E-state index in [2.05, 4.69) is 51.3 Å². The average molecular weight is 311 g/mol. The first-order valence-electron chi connectivity index (χ1n) is 6.86. The molecule has 1 unspecified atom stereocenters. The number of benzene rings is 1. The van der Waals surface area contributed by atoms with Gasteiger partial charge in [-0.2, -0.15) is 0 Å². The van der Waals surface area contributed by atoms with Gasteiger partial charge in [0.2, 0.25) is 0 Å². The summed E-state index contributed by atoms with van der Waals surface area (Å²) in [5.74, 6) is 0.839. The standard InChI is InChI=1S/C15H23BrN2/c1-12-5-6-14(10-15(12)16)18-9-3-4-13(11-18)7-8-17-2/h5-6,10,13,17H,3-4,7-9,11H2,1-2H3. The second-order valence-corrected chi connectivity index (χ2v) is 6.13. The van der Waals surface area contributed by atoms with E-state index in [0.717, 1.165) is 12.5 Å². The Hall–Kier alpha value is -0.540. The van der Waals surface area contributed by atoms with E-state index < -0.39 is 0 Å². The fraction of sp³-hybridized carbons (Fsp3) is 0.600. The van der Waals surface area contributed by atoms with Crippen LogP contribution in [-0.4, -0.2) is 26.7 Å². The topological polar surface area (TPSA) is 15.3 Å². The van der Waals surface area contributed by atoms with E-state index in [1.165, 1.54) is 48.1 Å². The predicted molar refractivity (Wildman–Crippen MR) is 82.4 cm³/mol. The van der Waals surface area contributed by atoms with Crippen LogP contribution in [0, 0.1) is 12.8 Å². The van der Waals surface area contributed by atoms with Gasteiger partial charge in [-0.15, -0.1) is 0 Å². The van der Waals surface area contributed by atoms with Crippen LogP contribution in [-0.2, 0) is 0 Å². The summed E-state index contributed by atoms with van der Waals surface area (Å²) in [4.78, 5) is 2.54. The summed E-state index contributed by atoms with van der Waals surface area (Å²) >= 11 is 3.63. The minimum absolute atomic E-state index is 0.839. The molecule has 1 aromatic carbocycles. The van der Waals surface area contributed by atoms with Crippen molar-refractivity contribution in [2.45, 2.75) is 26.2 Å². The Balaban J connectivity index is 2.01. The molecule has 0 saturated carbocycles. The Morgan fingerprint density at radius 1 is 1.44 bits per heavy atom. The van der Waals surface area contributed by atoms with Crippen LogP contribution in [0.15, 0.2) is 22.7 Å². The molecule has 1 saturated heterocycles. The number of halogens is 1. The molecule has 0 radical (unpaired) electrons. The fourth-order valence-corrected chi connectivity index (χ4v) is 3.03. The van der Waals surface area contributed by atoms with Gasteiger partial charge in [0, 0.05) is 23.2 Å². The zero-order chi connectivity index (χ0) is 13.0. The maximum atomic E-state index is 3.63. The summed E-state index contributed by atoms with van der Waals surface area (Å²) in [7, 11) is 2.04. The third-order valence-corrected chi connectivity index (χ3v) is 4.70. The van der Waals surface area contributed by atoms with Crippen molar-refractivity contribution in [1.29, 1.82) is 0 Å². The number of hydrogen-bond acceptors (Lipinski definition) is 2. The van der Waals surface area contributed by atoms with Crippen molar-refractivity contribution in [3.63, 3.8) is 0 Å². The highest BCUT2D eigenvalue weighted by Crippen LogP contribution is 2.28. The molecule has 0 aromatic heterocycles. The maximum Gasteiger partial charge on any atom is 0.0377 e. The molecule has 3 heteroatoms. The number of aryl methyl sites for hydroxylation is 1. The van der Waals surface area contributed by atoms with Crippen molar-refractivity contribution in [3.05, 3.63) is 28.2 Å². The minimum Gasteiger partial charge on any atom is -0.371 e. The lowest BCUT2D eigenvalue weighted by molar-refractivity contribution is 0.387. The largest absolute Gasteiger partial charge is 0.371 e. The predicted octanol–water partition coefficient (Wildman–Crippen LogP) is 3.58. The number of anilines is 1. The van der Waals surface area contributed by atoms with Gasteiger partial charge in [-0.1, -0.05) is 22.0 Å². The lowest BCUT2D eigenvalue weighted by Crippen LogP contribution is -2.36. The molecular formula is C15H23BrN2. The van der Waals surface area contributed by atoms with Crippen molar-refractivity contribution in [2.24, 2.45) is 5.92 Å². The summed E-state index contributed by atoms with van der Waals surface area (Å²) in [6, 6.07) is 6.72.